The lowest BCUT2D eigenvalue weighted by Gasteiger charge is -2.31. The van der Waals surface area contributed by atoms with Crippen molar-refractivity contribution >= 4 is 51.6 Å². The largest absolute Gasteiger partial charge is 0.478 e. The van der Waals surface area contributed by atoms with Crippen LogP contribution in [-0.4, -0.2) is 26.4 Å². The summed E-state index contributed by atoms with van der Waals surface area (Å²) in [6.45, 7) is 8.61. The summed E-state index contributed by atoms with van der Waals surface area (Å²) in [6.07, 6.45) is 1.88. The number of allylic oxidation sites excluding steroid dienone is 1. The first-order valence-electron chi connectivity index (χ1n) is 10.6. The Labute approximate surface area is 211 Å². The predicted molar refractivity (Wildman–Crippen MR) is 140 cm³/mol. The number of para-hydroxylation sites is 1. The zero-order valence-corrected chi connectivity index (χ0v) is 21.1. The Kier molecular flexibility index (Phi) is 8.55. The molecule has 0 fully saturated rings. The standard InChI is InChI=1S/C26H25Cl2NO4S/c1-4-16(2)17(3)15-29(19-8-6-5-7-9-19)24-14-23(28)20(13-25(24)34(32)33)18-10-11-22(27)21(12-18)26(30)31/h4-14,16-17H,1,15H2,2-3H3,(H,30,31)(H,32,33)/t16?,17-/m1/s1. The number of carbonyl (C=O) groups is 1. The molecule has 34 heavy (non-hydrogen) atoms. The number of anilines is 2. The van der Waals surface area contributed by atoms with Gasteiger partial charge in [-0.25, -0.2) is 9.00 Å². The highest BCUT2D eigenvalue weighted by molar-refractivity contribution is 7.79. The maximum atomic E-state index is 12.5. The molecule has 3 rings (SSSR count). The molecule has 178 valence electrons. The highest BCUT2D eigenvalue weighted by atomic mass is 35.5. The molecule has 3 atom stereocenters. The minimum absolute atomic E-state index is 0.0795. The van der Waals surface area contributed by atoms with E-state index in [-0.39, 0.29) is 27.3 Å². The van der Waals surface area contributed by atoms with Gasteiger partial charge < -0.3 is 14.6 Å². The van der Waals surface area contributed by atoms with Crippen molar-refractivity contribution in [3.05, 3.63) is 88.9 Å². The van der Waals surface area contributed by atoms with Gasteiger partial charge in [0.1, 0.15) is 0 Å². The van der Waals surface area contributed by atoms with Crippen molar-refractivity contribution in [2.45, 2.75) is 18.7 Å². The summed E-state index contributed by atoms with van der Waals surface area (Å²) in [6, 6.07) is 17.2. The average Bonchev–Trinajstić information content (AvgIpc) is 2.82. The van der Waals surface area contributed by atoms with Crippen LogP contribution < -0.4 is 4.90 Å². The third-order valence-corrected chi connectivity index (χ3v) is 7.19. The number of halogens is 2. The van der Waals surface area contributed by atoms with E-state index < -0.39 is 17.0 Å². The molecule has 0 radical (unpaired) electrons. The first kappa shape index (κ1) is 26.0. The Bertz CT molecular complexity index is 1230. The van der Waals surface area contributed by atoms with Crippen LogP contribution in [0.3, 0.4) is 0 Å². The maximum Gasteiger partial charge on any atom is 0.337 e. The van der Waals surface area contributed by atoms with Crippen LogP contribution in [0.25, 0.3) is 11.1 Å². The zero-order chi connectivity index (χ0) is 25.0. The van der Waals surface area contributed by atoms with Gasteiger partial charge in [-0.15, -0.1) is 6.58 Å². The van der Waals surface area contributed by atoms with E-state index in [2.05, 4.69) is 20.4 Å². The van der Waals surface area contributed by atoms with Crippen molar-refractivity contribution in [3.63, 3.8) is 0 Å². The molecule has 0 saturated carbocycles. The summed E-state index contributed by atoms with van der Waals surface area (Å²) in [5.41, 5.74) is 2.17. The summed E-state index contributed by atoms with van der Waals surface area (Å²) >= 11 is 10.3. The predicted octanol–water partition coefficient (Wildman–Crippen LogP) is 7.54. The number of hydrogen-bond donors (Lipinski definition) is 2. The Morgan fingerprint density at radius 1 is 1.09 bits per heavy atom. The van der Waals surface area contributed by atoms with Crippen molar-refractivity contribution in [3.8, 4) is 11.1 Å². The summed E-state index contributed by atoms with van der Waals surface area (Å²) in [5, 5.41) is 9.83. The summed E-state index contributed by atoms with van der Waals surface area (Å²) in [4.78, 5) is 13.7. The summed E-state index contributed by atoms with van der Waals surface area (Å²) in [5.74, 6) is -0.774. The number of rotatable bonds is 9. The van der Waals surface area contributed by atoms with Crippen LogP contribution in [0.15, 0.2) is 78.2 Å². The highest BCUT2D eigenvalue weighted by Gasteiger charge is 2.23. The first-order chi connectivity index (χ1) is 16.1. The summed E-state index contributed by atoms with van der Waals surface area (Å²) in [7, 11) is 0. The number of nitrogens with zero attached hydrogens (tertiary/aromatic N) is 1. The monoisotopic (exact) mass is 517 g/mol. The van der Waals surface area contributed by atoms with E-state index in [1.807, 2.05) is 41.3 Å². The molecule has 5 nitrogen and oxygen atoms in total. The molecule has 8 heteroatoms. The number of carboxylic acid groups (broad SMARTS) is 1. The van der Waals surface area contributed by atoms with Crippen molar-refractivity contribution in [1.82, 2.24) is 0 Å². The van der Waals surface area contributed by atoms with Crippen molar-refractivity contribution < 1.29 is 18.7 Å². The molecule has 0 heterocycles. The van der Waals surface area contributed by atoms with Gasteiger partial charge in [-0.1, -0.05) is 67.4 Å². The third kappa shape index (κ3) is 5.70. The number of carboxylic acids is 1. The van der Waals surface area contributed by atoms with Gasteiger partial charge in [0.05, 0.1) is 26.2 Å². The van der Waals surface area contributed by atoms with Gasteiger partial charge in [0, 0.05) is 17.8 Å². The van der Waals surface area contributed by atoms with Crippen LogP contribution in [-0.2, 0) is 11.1 Å². The average molecular weight is 518 g/mol. The fraction of sp³-hybridized carbons (Fsp3) is 0.192. The van der Waals surface area contributed by atoms with Gasteiger partial charge in [-0.3, -0.25) is 0 Å². The first-order valence-corrected chi connectivity index (χ1v) is 12.4. The molecule has 0 saturated heterocycles. The van der Waals surface area contributed by atoms with Crippen LogP contribution in [0.5, 0.6) is 0 Å². The van der Waals surface area contributed by atoms with Gasteiger partial charge >= 0.3 is 5.97 Å². The van der Waals surface area contributed by atoms with Gasteiger partial charge in [0.2, 0.25) is 0 Å². The molecule has 0 spiro atoms. The molecule has 0 bridgehead atoms. The van der Waals surface area contributed by atoms with E-state index in [0.717, 1.165) is 5.69 Å². The SMILES string of the molecule is C=CC(C)[C@H](C)CN(c1ccccc1)c1cc(Cl)c(-c2ccc(Cl)c(C(=O)O)c2)cc1S(=O)O. The van der Waals surface area contributed by atoms with Crippen LogP contribution in [0.4, 0.5) is 11.4 Å². The molecule has 0 aromatic heterocycles. The molecule has 0 aliphatic rings. The minimum Gasteiger partial charge on any atom is -0.478 e. The summed E-state index contributed by atoms with van der Waals surface area (Å²) < 4.78 is 22.7. The lowest BCUT2D eigenvalue weighted by Crippen LogP contribution is -2.27. The lowest BCUT2D eigenvalue weighted by molar-refractivity contribution is 0.0697. The Hall–Kier alpha value is -2.64. The molecule has 2 unspecified atom stereocenters. The van der Waals surface area contributed by atoms with Gasteiger partial charge in [0.15, 0.2) is 11.1 Å². The normalized spacial score (nSPS) is 13.7. The minimum atomic E-state index is -2.34. The maximum absolute atomic E-state index is 12.5. The van der Waals surface area contributed by atoms with E-state index >= 15 is 0 Å². The van der Waals surface area contributed by atoms with Crippen LogP contribution in [0, 0.1) is 11.8 Å². The number of aromatic carboxylic acids is 1. The molecule has 0 aliphatic carbocycles. The van der Waals surface area contributed by atoms with E-state index in [9.17, 15) is 18.7 Å². The van der Waals surface area contributed by atoms with E-state index in [1.54, 1.807) is 12.1 Å². The lowest BCUT2D eigenvalue weighted by atomic mass is 9.95. The molecular formula is C26H25Cl2NO4S. The smallest absolute Gasteiger partial charge is 0.337 e. The number of hydrogen-bond acceptors (Lipinski definition) is 3. The van der Waals surface area contributed by atoms with E-state index in [0.29, 0.717) is 28.4 Å². The fourth-order valence-corrected chi connectivity index (χ4v) is 4.64. The second kappa shape index (κ2) is 11.2. The Morgan fingerprint density at radius 3 is 2.35 bits per heavy atom. The quantitative estimate of drug-likeness (QED) is 0.226. The molecule has 3 aromatic carbocycles. The third-order valence-electron chi connectivity index (χ3n) is 5.84. The van der Waals surface area contributed by atoms with Gasteiger partial charge in [-0.05, 0) is 53.8 Å². The van der Waals surface area contributed by atoms with Crippen molar-refractivity contribution in [1.29, 1.82) is 0 Å². The highest BCUT2D eigenvalue weighted by Crippen LogP contribution is 2.40. The zero-order valence-electron chi connectivity index (χ0n) is 18.7. The second-order valence-corrected chi connectivity index (χ2v) is 9.82. The Morgan fingerprint density at radius 2 is 1.76 bits per heavy atom. The van der Waals surface area contributed by atoms with Crippen molar-refractivity contribution in [2.75, 3.05) is 11.4 Å². The van der Waals surface area contributed by atoms with Gasteiger partial charge in [0.25, 0.3) is 0 Å². The van der Waals surface area contributed by atoms with E-state index in [4.69, 9.17) is 23.2 Å². The van der Waals surface area contributed by atoms with E-state index in [1.165, 1.54) is 18.2 Å². The van der Waals surface area contributed by atoms with Crippen LogP contribution >= 0.6 is 23.2 Å². The van der Waals surface area contributed by atoms with Crippen molar-refractivity contribution in [2.24, 2.45) is 11.8 Å². The van der Waals surface area contributed by atoms with Gasteiger partial charge in [-0.2, -0.15) is 0 Å². The molecule has 3 aromatic rings. The molecule has 0 aliphatic heterocycles. The molecule has 2 N–H and O–H groups in total. The number of benzene rings is 3. The fourth-order valence-electron chi connectivity index (χ4n) is 3.61. The molecular weight excluding hydrogens is 493 g/mol. The molecule has 0 amide bonds. The van der Waals surface area contributed by atoms with Crippen LogP contribution in [0.2, 0.25) is 10.0 Å². The second-order valence-electron chi connectivity index (χ2n) is 8.07. The van der Waals surface area contributed by atoms with Crippen LogP contribution in [0.1, 0.15) is 24.2 Å². The topological polar surface area (TPSA) is 77.8 Å². The Balaban J connectivity index is 2.19.